The summed E-state index contributed by atoms with van der Waals surface area (Å²) in [5, 5.41) is 31.9. The Balaban J connectivity index is 2.55. The standard InChI is InChI=1S/C27H35ClN2O6/c1-7-25(8-2)14-18-19(26(25,9-3)27(21(31)32,22(33)34)23(35)36)30(20(29-18)24(4,5)6)15-16-10-12-17(28)13-11-16/h10-13H,7-9,14-15H2,1-6H3,(H,31,32)(H,33,34)(H,35,36). The maximum Gasteiger partial charge on any atom is 0.333 e. The summed E-state index contributed by atoms with van der Waals surface area (Å²) in [4.78, 5) is 43.6. The molecule has 8 nitrogen and oxygen atoms in total. The zero-order valence-electron chi connectivity index (χ0n) is 21.7. The monoisotopic (exact) mass is 518 g/mol. The van der Waals surface area contributed by atoms with Crippen molar-refractivity contribution in [1.29, 1.82) is 0 Å². The molecule has 1 aromatic heterocycles. The Morgan fingerprint density at radius 2 is 1.44 bits per heavy atom. The Morgan fingerprint density at radius 3 is 1.83 bits per heavy atom. The van der Waals surface area contributed by atoms with Crippen LogP contribution in [0.3, 0.4) is 0 Å². The summed E-state index contributed by atoms with van der Waals surface area (Å²) in [5.41, 5.74) is -4.44. The Kier molecular flexibility index (Phi) is 7.09. The van der Waals surface area contributed by atoms with Crippen LogP contribution in [-0.2, 0) is 38.2 Å². The van der Waals surface area contributed by atoms with E-state index in [1.54, 1.807) is 19.1 Å². The maximum absolute atomic E-state index is 12.9. The van der Waals surface area contributed by atoms with Gasteiger partial charge in [-0.15, -0.1) is 0 Å². The number of hydrogen-bond donors (Lipinski definition) is 3. The van der Waals surface area contributed by atoms with E-state index in [-0.39, 0.29) is 13.0 Å². The third-order valence-corrected chi connectivity index (χ3v) is 8.52. The van der Waals surface area contributed by atoms with Crippen LogP contribution < -0.4 is 0 Å². The topological polar surface area (TPSA) is 130 Å². The van der Waals surface area contributed by atoms with Crippen molar-refractivity contribution in [3.8, 4) is 0 Å². The first-order chi connectivity index (χ1) is 16.7. The van der Waals surface area contributed by atoms with Gasteiger partial charge in [0.05, 0.1) is 16.8 Å². The normalized spacial score (nSPS) is 19.2. The number of aliphatic carboxylic acids is 3. The van der Waals surface area contributed by atoms with Gasteiger partial charge in [-0.2, -0.15) is 0 Å². The second-order valence-corrected chi connectivity index (χ2v) is 11.2. The van der Waals surface area contributed by atoms with E-state index in [1.165, 1.54) is 0 Å². The number of benzene rings is 1. The van der Waals surface area contributed by atoms with Crippen molar-refractivity contribution in [2.24, 2.45) is 10.8 Å². The highest BCUT2D eigenvalue weighted by molar-refractivity contribution is 6.30. The molecule has 1 unspecified atom stereocenters. The molecule has 1 heterocycles. The highest BCUT2D eigenvalue weighted by Gasteiger charge is 2.77. The number of carbonyl (C=O) groups is 3. The SMILES string of the molecule is CCC1(CC)Cc2nc(C(C)(C)C)n(Cc3ccc(Cl)cc3)c2C1(CC)C(C(=O)O)(C(=O)O)C(=O)O. The lowest BCUT2D eigenvalue weighted by Gasteiger charge is -2.52. The van der Waals surface area contributed by atoms with E-state index >= 15 is 0 Å². The van der Waals surface area contributed by atoms with E-state index < -0.39 is 39.6 Å². The van der Waals surface area contributed by atoms with Crippen molar-refractivity contribution in [3.63, 3.8) is 0 Å². The van der Waals surface area contributed by atoms with Crippen LogP contribution in [0, 0.1) is 10.8 Å². The summed E-state index contributed by atoms with van der Waals surface area (Å²) < 4.78 is 1.87. The lowest BCUT2D eigenvalue weighted by atomic mass is 9.48. The van der Waals surface area contributed by atoms with Crippen LogP contribution in [0.1, 0.15) is 83.6 Å². The number of carboxylic acids is 3. The molecule has 3 rings (SSSR count). The molecule has 0 spiro atoms. The molecule has 0 saturated carbocycles. The second-order valence-electron chi connectivity index (χ2n) is 10.8. The molecule has 1 aliphatic carbocycles. The molecule has 0 radical (unpaired) electrons. The fourth-order valence-corrected chi connectivity index (χ4v) is 6.76. The number of aromatic nitrogens is 2. The zero-order valence-corrected chi connectivity index (χ0v) is 22.4. The van der Waals surface area contributed by atoms with Gasteiger partial charge in [0.15, 0.2) is 0 Å². The molecule has 1 aliphatic rings. The average molecular weight is 519 g/mol. The lowest BCUT2D eigenvalue weighted by Crippen LogP contribution is -2.66. The maximum atomic E-state index is 12.9. The molecule has 2 aromatic rings. The van der Waals surface area contributed by atoms with Crippen molar-refractivity contribution in [3.05, 3.63) is 52.1 Å². The van der Waals surface area contributed by atoms with E-state index in [0.717, 1.165) is 5.56 Å². The number of halogens is 1. The third kappa shape index (κ3) is 3.56. The molecular formula is C27H35ClN2O6. The Hall–Kier alpha value is -2.87. The van der Waals surface area contributed by atoms with E-state index in [0.29, 0.717) is 41.5 Å². The molecule has 1 aromatic carbocycles. The molecule has 196 valence electrons. The van der Waals surface area contributed by atoms with Gasteiger partial charge in [0.25, 0.3) is 5.41 Å². The molecule has 1 atom stereocenters. The number of imidazole rings is 1. The third-order valence-electron chi connectivity index (χ3n) is 8.27. The van der Waals surface area contributed by atoms with Crippen LogP contribution in [0.5, 0.6) is 0 Å². The summed E-state index contributed by atoms with van der Waals surface area (Å²) in [6, 6.07) is 7.18. The van der Waals surface area contributed by atoms with Gasteiger partial charge in [0, 0.05) is 17.0 Å². The van der Waals surface area contributed by atoms with Crippen molar-refractivity contribution in [2.75, 3.05) is 0 Å². The lowest BCUT2D eigenvalue weighted by molar-refractivity contribution is -0.189. The number of fused-ring (bicyclic) bond motifs is 1. The minimum atomic E-state index is -3.11. The predicted octanol–water partition coefficient (Wildman–Crippen LogP) is 5.13. The smallest absolute Gasteiger partial charge is 0.333 e. The largest absolute Gasteiger partial charge is 0.480 e. The fraction of sp³-hybridized carbons (Fsp3) is 0.556. The molecule has 9 heteroatoms. The number of carboxylic acid groups (broad SMARTS) is 3. The minimum Gasteiger partial charge on any atom is -0.480 e. The van der Waals surface area contributed by atoms with E-state index in [4.69, 9.17) is 16.6 Å². The average Bonchev–Trinajstić information content (AvgIpc) is 3.28. The molecule has 3 N–H and O–H groups in total. The number of hydrogen-bond acceptors (Lipinski definition) is 4. The Morgan fingerprint density at radius 1 is 0.944 bits per heavy atom. The van der Waals surface area contributed by atoms with Gasteiger partial charge < -0.3 is 19.9 Å². The summed E-state index contributed by atoms with van der Waals surface area (Å²) in [6.45, 7) is 11.6. The van der Waals surface area contributed by atoms with Crippen LogP contribution >= 0.6 is 11.6 Å². The van der Waals surface area contributed by atoms with Crippen LogP contribution in [0.25, 0.3) is 0 Å². The predicted molar refractivity (Wildman–Crippen MR) is 136 cm³/mol. The van der Waals surface area contributed by atoms with Gasteiger partial charge in [-0.1, -0.05) is 65.3 Å². The summed E-state index contributed by atoms with van der Waals surface area (Å²) in [6.07, 6.45) is 1.10. The molecular weight excluding hydrogens is 484 g/mol. The van der Waals surface area contributed by atoms with Crippen molar-refractivity contribution in [1.82, 2.24) is 9.55 Å². The highest BCUT2D eigenvalue weighted by atomic mass is 35.5. The van der Waals surface area contributed by atoms with Gasteiger partial charge in [0.2, 0.25) is 0 Å². The summed E-state index contributed by atoms with van der Waals surface area (Å²) in [7, 11) is 0. The minimum absolute atomic E-state index is 0.00245. The van der Waals surface area contributed by atoms with E-state index in [2.05, 4.69) is 0 Å². The van der Waals surface area contributed by atoms with Crippen molar-refractivity contribution >= 4 is 29.5 Å². The first-order valence-corrected chi connectivity index (χ1v) is 12.6. The second kappa shape index (κ2) is 9.21. The molecule has 36 heavy (non-hydrogen) atoms. The van der Waals surface area contributed by atoms with Gasteiger partial charge in [0.1, 0.15) is 5.82 Å². The van der Waals surface area contributed by atoms with Crippen LogP contribution in [0.4, 0.5) is 0 Å². The molecule has 0 amide bonds. The van der Waals surface area contributed by atoms with Gasteiger partial charge in [-0.25, -0.2) is 4.98 Å². The molecule has 0 bridgehead atoms. The van der Waals surface area contributed by atoms with Crippen molar-refractivity contribution in [2.45, 2.75) is 84.6 Å². The van der Waals surface area contributed by atoms with Crippen molar-refractivity contribution < 1.29 is 29.7 Å². The first kappa shape index (κ1) is 27.7. The van der Waals surface area contributed by atoms with E-state index in [9.17, 15) is 29.7 Å². The van der Waals surface area contributed by atoms with Gasteiger partial charge >= 0.3 is 17.9 Å². The van der Waals surface area contributed by atoms with Crippen LogP contribution in [0.15, 0.2) is 24.3 Å². The van der Waals surface area contributed by atoms with Gasteiger partial charge in [-0.3, -0.25) is 14.4 Å². The first-order valence-electron chi connectivity index (χ1n) is 12.2. The molecule has 0 fully saturated rings. The quantitative estimate of drug-likeness (QED) is 0.392. The Bertz CT molecular complexity index is 1150. The van der Waals surface area contributed by atoms with Crippen LogP contribution in [-0.4, -0.2) is 42.8 Å². The van der Waals surface area contributed by atoms with E-state index in [1.807, 2.05) is 51.3 Å². The zero-order chi connectivity index (χ0) is 27.3. The summed E-state index contributed by atoms with van der Waals surface area (Å²) in [5.74, 6) is -4.98. The van der Waals surface area contributed by atoms with Gasteiger partial charge in [-0.05, 0) is 48.8 Å². The van der Waals surface area contributed by atoms with Crippen LogP contribution in [0.2, 0.25) is 5.02 Å². The molecule has 0 aliphatic heterocycles. The highest BCUT2D eigenvalue weighted by Crippen LogP contribution is 2.65. The number of nitrogens with zero attached hydrogens (tertiary/aromatic N) is 2. The Labute approximate surface area is 216 Å². The summed E-state index contributed by atoms with van der Waals surface area (Å²) >= 11 is 6.08. The fourth-order valence-electron chi connectivity index (χ4n) is 6.63. The number of rotatable bonds is 9. The molecule has 0 saturated heterocycles.